The summed E-state index contributed by atoms with van der Waals surface area (Å²) in [6.07, 6.45) is 9.18. The molecular formula is C17H33BO2. The van der Waals surface area contributed by atoms with Crippen LogP contribution in [-0.2, 0) is 9.31 Å². The zero-order valence-corrected chi connectivity index (χ0v) is 14.4. The molecule has 2 nitrogen and oxygen atoms in total. The van der Waals surface area contributed by atoms with Gasteiger partial charge < -0.3 is 9.31 Å². The largest absolute Gasteiger partial charge is 0.464 e. The summed E-state index contributed by atoms with van der Waals surface area (Å²) < 4.78 is 12.7. The van der Waals surface area contributed by atoms with Crippen LogP contribution in [0.15, 0.2) is 0 Å². The zero-order valence-electron chi connectivity index (χ0n) is 14.4. The number of rotatable bonds is 1. The summed E-state index contributed by atoms with van der Waals surface area (Å²) >= 11 is 0. The van der Waals surface area contributed by atoms with E-state index in [4.69, 9.17) is 9.31 Å². The molecule has 0 aromatic heterocycles. The lowest BCUT2D eigenvalue weighted by Crippen LogP contribution is -2.41. The second-order valence-electron chi connectivity index (χ2n) is 8.49. The van der Waals surface area contributed by atoms with Crippen LogP contribution in [0, 0.1) is 5.92 Å². The fourth-order valence-electron chi connectivity index (χ4n) is 3.51. The summed E-state index contributed by atoms with van der Waals surface area (Å²) in [4.78, 5) is 0. The molecule has 0 aromatic carbocycles. The van der Waals surface area contributed by atoms with Gasteiger partial charge in [-0.2, -0.15) is 0 Å². The molecule has 3 heteroatoms. The summed E-state index contributed by atoms with van der Waals surface area (Å²) in [5.74, 6) is 0.885. The van der Waals surface area contributed by atoms with Gasteiger partial charge in [-0.1, -0.05) is 46.0 Å². The van der Waals surface area contributed by atoms with Crippen molar-refractivity contribution in [3.8, 4) is 0 Å². The van der Waals surface area contributed by atoms with Crippen LogP contribution < -0.4 is 0 Å². The smallest absolute Gasteiger partial charge is 0.403 e. The van der Waals surface area contributed by atoms with E-state index < -0.39 is 0 Å². The Morgan fingerprint density at radius 2 is 1.30 bits per heavy atom. The molecule has 2 unspecified atom stereocenters. The van der Waals surface area contributed by atoms with Gasteiger partial charge in [0.15, 0.2) is 0 Å². The monoisotopic (exact) mass is 280 g/mol. The summed E-state index contributed by atoms with van der Waals surface area (Å²) in [6.45, 7) is 13.4. The molecule has 0 N–H and O–H groups in total. The van der Waals surface area contributed by atoms with Gasteiger partial charge in [0.2, 0.25) is 0 Å². The van der Waals surface area contributed by atoms with Gasteiger partial charge in [-0.15, -0.1) is 0 Å². The van der Waals surface area contributed by atoms with Gasteiger partial charge in [-0.3, -0.25) is 0 Å². The third-order valence-corrected chi connectivity index (χ3v) is 5.96. The molecule has 0 amide bonds. The molecule has 1 heterocycles. The maximum atomic E-state index is 6.35. The molecule has 1 saturated carbocycles. The van der Waals surface area contributed by atoms with Crippen LogP contribution >= 0.6 is 0 Å². The highest BCUT2D eigenvalue weighted by Crippen LogP contribution is 2.50. The minimum atomic E-state index is -0.202. The van der Waals surface area contributed by atoms with Gasteiger partial charge in [0.05, 0.1) is 11.2 Å². The maximum Gasteiger partial charge on any atom is 0.464 e. The van der Waals surface area contributed by atoms with E-state index in [1.54, 1.807) is 0 Å². The van der Waals surface area contributed by atoms with Gasteiger partial charge in [0.1, 0.15) is 0 Å². The van der Waals surface area contributed by atoms with E-state index in [0.717, 1.165) is 5.92 Å². The Hall–Kier alpha value is -0.0151. The van der Waals surface area contributed by atoms with Crippen molar-refractivity contribution in [3.05, 3.63) is 0 Å². The Balaban J connectivity index is 2.09. The Labute approximate surface area is 126 Å². The molecule has 2 atom stereocenters. The topological polar surface area (TPSA) is 18.5 Å². The van der Waals surface area contributed by atoms with Crippen LogP contribution in [0.3, 0.4) is 0 Å². The molecule has 0 aromatic rings. The van der Waals surface area contributed by atoms with Crippen LogP contribution in [0.5, 0.6) is 0 Å². The highest BCUT2D eigenvalue weighted by atomic mass is 16.7. The molecule has 0 radical (unpaired) electrons. The minimum Gasteiger partial charge on any atom is -0.403 e. The van der Waals surface area contributed by atoms with Gasteiger partial charge in [-0.25, -0.2) is 0 Å². The van der Waals surface area contributed by atoms with Gasteiger partial charge in [0.25, 0.3) is 0 Å². The highest BCUT2D eigenvalue weighted by Gasteiger charge is 2.57. The number of hydrogen-bond donors (Lipinski definition) is 0. The average Bonchev–Trinajstić information content (AvgIpc) is 2.58. The minimum absolute atomic E-state index is 0.0408. The molecule has 2 rings (SSSR count). The van der Waals surface area contributed by atoms with Gasteiger partial charge in [0, 0.05) is 5.31 Å². The lowest BCUT2D eigenvalue weighted by molar-refractivity contribution is 0.00578. The summed E-state index contributed by atoms with van der Waals surface area (Å²) in [5.41, 5.74) is -0.404. The van der Waals surface area contributed by atoms with Crippen LogP contribution in [0.25, 0.3) is 0 Å². The van der Waals surface area contributed by atoms with Crippen LogP contribution in [-0.4, -0.2) is 18.3 Å². The standard InChI is InChI=1S/C17H33BO2/c1-14-10-7-8-12-17(6,13-9-11-14)18-19-15(2,3)16(4,5)20-18/h14H,7-13H2,1-6H3. The lowest BCUT2D eigenvalue weighted by Gasteiger charge is -2.32. The Morgan fingerprint density at radius 3 is 1.90 bits per heavy atom. The van der Waals surface area contributed by atoms with Crippen molar-refractivity contribution in [1.29, 1.82) is 0 Å². The number of hydrogen-bond acceptors (Lipinski definition) is 2. The zero-order chi connectivity index (χ0) is 15.0. The van der Waals surface area contributed by atoms with E-state index in [1.165, 1.54) is 44.9 Å². The fraction of sp³-hybridized carbons (Fsp3) is 1.00. The summed E-state index contributed by atoms with van der Waals surface area (Å²) in [6, 6.07) is 0. The second kappa shape index (κ2) is 5.64. The Bertz CT molecular complexity index is 324. The first kappa shape index (κ1) is 16.4. The molecule has 1 aliphatic heterocycles. The molecule has 1 saturated heterocycles. The van der Waals surface area contributed by atoms with E-state index in [0.29, 0.717) is 0 Å². The molecule has 116 valence electrons. The van der Waals surface area contributed by atoms with Crippen molar-refractivity contribution in [1.82, 2.24) is 0 Å². The highest BCUT2D eigenvalue weighted by molar-refractivity contribution is 6.49. The molecule has 2 fully saturated rings. The lowest BCUT2D eigenvalue weighted by atomic mass is 9.54. The molecule has 2 aliphatic rings. The summed E-state index contributed by atoms with van der Waals surface area (Å²) in [7, 11) is -0.0408. The van der Waals surface area contributed by atoms with Crippen molar-refractivity contribution in [2.45, 2.75) is 103 Å². The van der Waals surface area contributed by atoms with E-state index >= 15 is 0 Å². The first-order valence-corrected chi connectivity index (χ1v) is 8.52. The Kier molecular flexibility index (Phi) is 4.62. The van der Waals surface area contributed by atoms with Gasteiger partial charge in [-0.05, 0) is 46.5 Å². The predicted molar refractivity (Wildman–Crippen MR) is 85.9 cm³/mol. The van der Waals surface area contributed by atoms with Crippen molar-refractivity contribution in [2.75, 3.05) is 0 Å². The van der Waals surface area contributed by atoms with Crippen LogP contribution in [0.1, 0.15) is 86.5 Å². The average molecular weight is 280 g/mol. The summed E-state index contributed by atoms with van der Waals surface area (Å²) in [5, 5.41) is 0.176. The molecule has 1 aliphatic carbocycles. The fourth-order valence-corrected chi connectivity index (χ4v) is 3.51. The second-order valence-corrected chi connectivity index (χ2v) is 8.49. The van der Waals surface area contributed by atoms with Crippen molar-refractivity contribution in [2.24, 2.45) is 5.92 Å². The maximum absolute atomic E-state index is 6.35. The predicted octanol–water partition coefficient (Wildman–Crippen LogP) is 5.22. The quantitative estimate of drug-likeness (QED) is 0.613. The van der Waals surface area contributed by atoms with E-state index in [-0.39, 0.29) is 23.6 Å². The van der Waals surface area contributed by atoms with Crippen LogP contribution in [0.2, 0.25) is 5.31 Å². The third-order valence-electron chi connectivity index (χ3n) is 5.96. The van der Waals surface area contributed by atoms with Crippen molar-refractivity contribution in [3.63, 3.8) is 0 Å². The molecule has 0 bridgehead atoms. The third kappa shape index (κ3) is 3.25. The van der Waals surface area contributed by atoms with Crippen molar-refractivity contribution < 1.29 is 9.31 Å². The normalized spacial score (nSPS) is 38.1. The molecular weight excluding hydrogens is 247 g/mol. The van der Waals surface area contributed by atoms with Crippen LogP contribution in [0.4, 0.5) is 0 Å². The Morgan fingerprint density at radius 1 is 0.800 bits per heavy atom. The van der Waals surface area contributed by atoms with E-state index in [9.17, 15) is 0 Å². The molecule has 0 spiro atoms. The first-order chi connectivity index (χ1) is 9.16. The molecule has 20 heavy (non-hydrogen) atoms. The van der Waals surface area contributed by atoms with Gasteiger partial charge >= 0.3 is 7.12 Å². The van der Waals surface area contributed by atoms with E-state index in [1.807, 2.05) is 0 Å². The van der Waals surface area contributed by atoms with E-state index in [2.05, 4.69) is 41.5 Å². The van der Waals surface area contributed by atoms with Crippen molar-refractivity contribution >= 4 is 7.12 Å². The first-order valence-electron chi connectivity index (χ1n) is 8.52. The SMILES string of the molecule is CC1CCCCC(C)(B2OC(C)(C)C(C)(C)O2)CCC1.